The van der Waals surface area contributed by atoms with Crippen molar-refractivity contribution in [1.29, 1.82) is 0 Å². The normalized spacial score (nSPS) is 12.5. The van der Waals surface area contributed by atoms with Crippen LogP contribution in [-0.4, -0.2) is 46.9 Å². The van der Waals surface area contributed by atoms with Gasteiger partial charge in [0.05, 0.1) is 0 Å². The number of hydrogen-bond donors (Lipinski definition) is 3. The third kappa shape index (κ3) is 2.13. The lowest BCUT2D eigenvalue weighted by Gasteiger charge is -1.99. The summed E-state index contributed by atoms with van der Waals surface area (Å²) in [5.74, 6) is 0.509. The maximum atomic E-state index is 11.0. The van der Waals surface area contributed by atoms with Gasteiger partial charge in [0.1, 0.15) is 11.9 Å². The van der Waals surface area contributed by atoms with E-state index >= 15 is 0 Å². The topological polar surface area (TPSA) is 147 Å². The number of aliphatic hydroxyl groups excluding tert-OH is 1. The zero-order chi connectivity index (χ0) is 15.9. The first-order chi connectivity index (χ1) is 10.5. The molecule has 0 radical (unpaired) electrons. The number of fused-ring (bicyclic) bond motifs is 1. The first kappa shape index (κ1) is 13.9. The van der Waals surface area contributed by atoms with Crippen molar-refractivity contribution in [1.82, 2.24) is 29.8 Å². The second-order valence-corrected chi connectivity index (χ2v) is 4.51. The summed E-state index contributed by atoms with van der Waals surface area (Å²) in [4.78, 5) is 17.0. The van der Waals surface area contributed by atoms with Crippen molar-refractivity contribution >= 4 is 17.3 Å². The van der Waals surface area contributed by atoms with Crippen LogP contribution >= 0.6 is 0 Å². The van der Waals surface area contributed by atoms with Gasteiger partial charge in [-0.2, -0.15) is 9.50 Å². The first-order valence-electron chi connectivity index (χ1n) is 6.34. The average molecular weight is 304 g/mol. The van der Waals surface area contributed by atoms with Crippen LogP contribution in [0.1, 0.15) is 18.7 Å². The molecule has 114 valence electrons. The van der Waals surface area contributed by atoms with Gasteiger partial charge in [-0.3, -0.25) is 0 Å². The number of aromatic nitrogens is 6. The molecule has 0 aromatic carbocycles. The van der Waals surface area contributed by atoms with Gasteiger partial charge in [0, 0.05) is 7.05 Å². The molecule has 0 saturated carbocycles. The molecule has 3 heterocycles. The van der Waals surface area contributed by atoms with Crippen molar-refractivity contribution in [2.45, 2.75) is 13.0 Å². The van der Waals surface area contributed by atoms with Gasteiger partial charge in [-0.05, 0) is 24.0 Å². The van der Waals surface area contributed by atoms with Crippen molar-refractivity contribution < 1.29 is 10.0 Å². The van der Waals surface area contributed by atoms with Crippen LogP contribution in [0, 0.1) is 10.1 Å². The number of nitro groups is 1. The third-order valence-electron chi connectivity index (χ3n) is 3.02. The molecule has 22 heavy (non-hydrogen) atoms. The molecule has 0 amide bonds. The zero-order valence-corrected chi connectivity index (χ0v) is 11.7. The van der Waals surface area contributed by atoms with E-state index in [9.17, 15) is 15.2 Å². The number of hydrogen-bond acceptors (Lipinski definition) is 8. The summed E-state index contributed by atoms with van der Waals surface area (Å²) < 4.78 is 1.40. The molecule has 0 aliphatic rings. The van der Waals surface area contributed by atoms with E-state index in [0.29, 0.717) is 11.5 Å². The van der Waals surface area contributed by atoms with E-state index < -0.39 is 11.0 Å². The van der Waals surface area contributed by atoms with Crippen LogP contribution in [0.4, 0.5) is 11.6 Å². The Labute approximate surface area is 123 Å². The Balaban J connectivity index is 2.19. The van der Waals surface area contributed by atoms with E-state index in [1.807, 2.05) is 0 Å². The Hall–Kier alpha value is -3.08. The average Bonchev–Trinajstić information content (AvgIpc) is 3.10. The number of H-pyrrole nitrogens is 1. The monoisotopic (exact) mass is 304 g/mol. The molecule has 0 aliphatic heterocycles. The fourth-order valence-electron chi connectivity index (χ4n) is 1.98. The molecule has 0 bridgehead atoms. The molecule has 1 atom stereocenters. The number of nitrogens with one attached hydrogen (secondary N) is 2. The summed E-state index contributed by atoms with van der Waals surface area (Å²) in [6.45, 7) is 1.40. The number of aliphatic hydroxyl groups is 1. The molecule has 0 aliphatic carbocycles. The van der Waals surface area contributed by atoms with Crippen LogP contribution in [0.25, 0.3) is 17.3 Å². The SMILES string of the molecule is CNc1ccc2nnc(-c3nc(C(C)O)c([N+](=O)[O-])[nH]3)n2n1. The summed E-state index contributed by atoms with van der Waals surface area (Å²) in [5, 5.41) is 35.6. The lowest BCUT2D eigenvalue weighted by molar-refractivity contribution is -0.390. The quantitative estimate of drug-likeness (QED) is 0.466. The van der Waals surface area contributed by atoms with Crippen LogP contribution in [0.15, 0.2) is 12.1 Å². The molecule has 0 fully saturated rings. The Morgan fingerprint density at radius 1 is 1.45 bits per heavy atom. The molecule has 0 saturated heterocycles. The summed E-state index contributed by atoms with van der Waals surface area (Å²) >= 11 is 0. The van der Waals surface area contributed by atoms with Gasteiger partial charge in [-0.25, -0.2) is 4.98 Å². The lowest BCUT2D eigenvalue weighted by atomic mass is 10.3. The van der Waals surface area contributed by atoms with Gasteiger partial charge in [0.15, 0.2) is 11.3 Å². The lowest BCUT2D eigenvalue weighted by Crippen LogP contribution is -2.00. The first-order valence-corrected chi connectivity index (χ1v) is 6.34. The Kier molecular flexibility index (Phi) is 3.18. The second kappa shape index (κ2) is 5.04. The fourth-order valence-corrected chi connectivity index (χ4v) is 1.98. The van der Waals surface area contributed by atoms with Crippen LogP contribution < -0.4 is 5.32 Å². The van der Waals surface area contributed by atoms with Gasteiger partial charge in [0.25, 0.3) is 5.82 Å². The van der Waals surface area contributed by atoms with Gasteiger partial charge >= 0.3 is 5.82 Å². The van der Waals surface area contributed by atoms with E-state index in [1.54, 1.807) is 19.2 Å². The molecule has 0 spiro atoms. The van der Waals surface area contributed by atoms with Crippen LogP contribution in [0.3, 0.4) is 0 Å². The highest BCUT2D eigenvalue weighted by Crippen LogP contribution is 2.26. The maximum absolute atomic E-state index is 11.0. The molecule has 3 aromatic heterocycles. The maximum Gasteiger partial charge on any atom is 0.347 e. The van der Waals surface area contributed by atoms with E-state index in [2.05, 4.69) is 30.6 Å². The van der Waals surface area contributed by atoms with Crippen LogP contribution in [0.2, 0.25) is 0 Å². The molecular formula is C11H12N8O3. The van der Waals surface area contributed by atoms with E-state index in [-0.39, 0.29) is 23.2 Å². The van der Waals surface area contributed by atoms with Crippen molar-refractivity contribution in [3.8, 4) is 11.6 Å². The largest absolute Gasteiger partial charge is 0.387 e. The molecule has 11 nitrogen and oxygen atoms in total. The Morgan fingerprint density at radius 2 is 2.23 bits per heavy atom. The molecule has 3 aromatic rings. The van der Waals surface area contributed by atoms with Crippen molar-refractivity contribution in [3.05, 3.63) is 27.9 Å². The highest BCUT2D eigenvalue weighted by Gasteiger charge is 2.27. The fraction of sp³-hybridized carbons (Fsp3) is 0.273. The Morgan fingerprint density at radius 3 is 2.82 bits per heavy atom. The number of rotatable bonds is 4. The molecule has 11 heteroatoms. The zero-order valence-electron chi connectivity index (χ0n) is 11.7. The van der Waals surface area contributed by atoms with Crippen molar-refractivity contribution in [2.24, 2.45) is 0 Å². The summed E-state index contributed by atoms with van der Waals surface area (Å²) in [6, 6.07) is 3.42. The van der Waals surface area contributed by atoms with Crippen LogP contribution in [0.5, 0.6) is 0 Å². The summed E-state index contributed by atoms with van der Waals surface area (Å²) in [6.07, 6.45) is -1.09. The predicted molar refractivity (Wildman–Crippen MR) is 75.2 cm³/mol. The third-order valence-corrected chi connectivity index (χ3v) is 3.02. The standard InChI is InChI=1S/C11H12N8O3/c1-5(20)8-10(19(21)22)14-9(13-8)11-16-15-7-4-3-6(12-2)17-18(7)11/h3-5,20H,1-2H3,(H,12,17)(H,13,14). The van der Waals surface area contributed by atoms with E-state index in [1.165, 1.54) is 11.4 Å². The number of aromatic amines is 1. The van der Waals surface area contributed by atoms with Crippen molar-refractivity contribution in [2.75, 3.05) is 12.4 Å². The molecule has 3 N–H and O–H groups in total. The Bertz CT molecular complexity index is 852. The van der Waals surface area contributed by atoms with Gasteiger partial charge in [0.2, 0.25) is 5.82 Å². The molecular weight excluding hydrogens is 292 g/mol. The minimum atomic E-state index is -1.09. The summed E-state index contributed by atoms with van der Waals surface area (Å²) in [7, 11) is 1.71. The number of nitrogens with zero attached hydrogens (tertiary/aromatic N) is 6. The second-order valence-electron chi connectivity index (χ2n) is 4.51. The smallest absolute Gasteiger partial charge is 0.347 e. The molecule has 1 unspecified atom stereocenters. The summed E-state index contributed by atoms with van der Waals surface area (Å²) in [5.41, 5.74) is 0.396. The highest BCUT2D eigenvalue weighted by molar-refractivity contribution is 5.55. The number of imidazole rings is 1. The van der Waals surface area contributed by atoms with Gasteiger partial charge in [-0.15, -0.1) is 15.3 Å². The van der Waals surface area contributed by atoms with Gasteiger partial charge < -0.3 is 20.5 Å². The van der Waals surface area contributed by atoms with E-state index in [4.69, 9.17) is 0 Å². The highest BCUT2D eigenvalue weighted by atomic mass is 16.6. The minimum absolute atomic E-state index is 0.0680. The molecule has 3 rings (SSSR count). The predicted octanol–water partition coefficient (Wildman–Crippen LogP) is 0.518. The minimum Gasteiger partial charge on any atom is -0.387 e. The van der Waals surface area contributed by atoms with Gasteiger partial charge in [-0.1, -0.05) is 0 Å². The number of anilines is 1. The van der Waals surface area contributed by atoms with Crippen LogP contribution in [-0.2, 0) is 0 Å². The van der Waals surface area contributed by atoms with E-state index in [0.717, 1.165) is 0 Å². The van der Waals surface area contributed by atoms with Crippen molar-refractivity contribution in [3.63, 3.8) is 0 Å².